The number of carbonyl (C=O) groups is 1. The highest BCUT2D eigenvalue weighted by Crippen LogP contribution is 2.37. The third-order valence-corrected chi connectivity index (χ3v) is 6.01. The van der Waals surface area contributed by atoms with Gasteiger partial charge in [-0.3, -0.25) is 9.52 Å². The molecule has 0 bridgehead atoms. The first-order valence-corrected chi connectivity index (χ1v) is 9.83. The van der Waals surface area contributed by atoms with Crippen LogP contribution in [0.15, 0.2) is 41.3 Å². The maximum Gasteiger partial charge on any atom is 0.262 e. The molecule has 2 aromatic rings. The zero-order valence-corrected chi connectivity index (χ0v) is 16.4. The number of rotatable bonds is 3. The van der Waals surface area contributed by atoms with Gasteiger partial charge < -0.3 is 9.64 Å². The van der Waals surface area contributed by atoms with E-state index in [1.807, 2.05) is 0 Å². The number of anilines is 2. The molecule has 0 aliphatic carbocycles. The third kappa shape index (κ3) is 3.62. The van der Waals surface area contributed by atoms with Crippen molar-refractivity contribution in [2.75, 3.05) is 23.3 Å². The number of aryl methyl sites for hydroxylation is 1. The molecule has 2 aromatic carbocycles. The van der Waals surface area contributed by atoms with E-state index >= 15 is 0 Å². The van der Waals surface area contributed by atoms with Gasteiger partial charge in [0.2, 0.25) is 5.91 Å². The average Bonchev–Trinajstić information content (AvgIpc) is 2.65. The number of hydrogen-bond acceptors (Lipinski definition) is 4. The normalized spacial score (nSPS) is 16.3. The number of nitrogens with one attached hydrogen (secondary N) is 1. The Balaban J connectivity index is 1.96. The lowest BCUT2D eigenvalue weighted by Crippen LogP contribution is -2.39. The van der Waals surface area contributed by atoms with Gasteiger partial charge in [0.15, 0.2) is 0 Å². The van der Waals surface area contributed by atoms with Crippen LogP contribution < -0.4 is 14.4 Å². The molecule has 1 heterocycles. The van der Waals surface area contributed by atoms with Crippen LogP contribution in [0.1, 0.15) is 19.4 Å². The average molecular weight is 392 g/mol. The van der Waals surface area contributed by atoms with Gasteiger partial charge in [0.25, 0.3) is 10.0 Å². The van der Waals surface area contributed by atoms with Crippen LogP contribution in [0.2, 0.25) is 0 Å². The van der Waals surface area contributed by atoms with Gasteiger partial charge in [0.1, 0.15) is 18.2 Å². The first kappa shape index (κ1) is 19.2. The summed E-state index contributed by atoms with van der Waals surface area (Å²) in [5, 5.41) is 0. The second-order valence-electron chi connectivity index (χ2n) is 7.23. The zero-order valence-electron chi connectivity index (χ0n) is 15.5. The minimum atomic E-state index is -3.91. The number of fused-ring (bicyclic) bond motifs is 1. The number of ether oxygens (including phenoxy) is 1. The number of nitrogens with zero attached hydrogens (tertiary/aromatic N) is 1. The predicted octanol–water partition coefficient (Wildman–Crippen LogP) is 3.32. The molecule has 0 aromatic heterocycles. The molecule has 0 unspecified atom stereocenters. The van der Waals surface area contributed by atoms with Crippen molar-refractivity contribution >= 4 is 27.3 Å². The molecule has 0 saturated heterocycles. The highest BCUT2D eigenvalue weighted by Gasteiger charge is 2.36. The fraction of sp³-hybridized carbons (Fsp3) is 0.316. The van der Waals surface area contributed by atoms with Gasteiger partial charge in [0.05, 0.1) is 21.7 Å². The van der Waals surface area contributed by atoms with Crippen molar-refractivity contribution in [2.45, 2.75) is 25.7 Å². The van der Waals surface area contributed by atoms with E-state index in [0.29, 0.717) is 17.0 Å². The second-order valence-corrected chi connectivity index (χ2v) is 8.89. The molecule has 0 spiro atoms. The molecule has 8 heteroatoms. The molecule has 1 aliphatic rings. The van der Waals surface area contributed by atoms with Crippen LogP contribution in [-0.4, -0.2) is 28.0 Å². The highest BCUT2D eigenvalue weighted by atomic mass is 32.2. The smallest absolute Gasteiger partial charge is 0.262 e. The Kier molecular flexibility index (Phi) is 4.63. The monoisotopic (exact) mass is 392 g/mol. The second kappa shape index (κ2) is 6.53. The summed E-state index contributed by atoms with van der Waals surface area (Å²) in [7, 11) is -2.29. The summed E-state index contributed by atoms with van der Waals surface area (Å²) in [5.41, 5.74) is 0.357. The van der Waals surface area contributed by atoms with E-state index in [2.05, 4.69) is 4.72 Å². The molecule has 1 aliphatic heterocycles. The Morgan fingerprint density at radius 1 is 1.19 bits per heavy atom. The van der Waals surface area contributed by atoms with Crippen LogP contribution in [0.5, 0.6) is 5.75 Å². The topological polar surface area (TPSA) is 75.7 Å². The molecule has 0 saturated carbocycles. The molecule has 6 nitrogen and oxygen atoms in total. The van der Waals surface area contributed by atoms with Crippen molar-refractivity contribution in [2.24, 2.45) is 5.41 Å². The van der Waals surface area contributed by atoms with Gasteiger partial charge in [-0.15, -0.1) is 0 Å². The lowest BCUT2D eigenvalue weighted by atomic mass is 9.93. The van der Waals surface area contributed by atoms with Crippen molar-refractivity contribution in [3.8, 4) is 5.75 Å². The summed E-state index contributed by atoms with van der Waals surface area (Å²) in [6.45, 7) is 5.33. The number of benzene rings is 2. The number of halogens is 1. The van der Waals surface area contributed by atoms with Gasteiger partial charge in [-0.2, -0.15) is 0 Å². The SMILES string of the molecule is Cc1cc(F)ccc1S(=O)(=O)Nc1ccc2c(c1)N(C)C(=O)C(C)(C)CO2. The summed E-state index contributed by atoms with van der Waals surface area (Å²) in [5.74, 6) is -0.135. The molecule has 144 valence electrons. The van der Waals surface area contributed by atoms with E-state index in [1.165, 1.54) is 17.9 Å². The summed E-state index contributed by atoms with van der Waals surface area (Å²) >= 11 is 0. The van der Waals surface area contributed by atoms with Crippen LogP contribution in [0.4, 0.5) is 15.8 Å². The van der Waals surface area contributed by atoms with Gasteiger partial charge in [-0.05, 0) is 62.7 Å². The molecule has 1 N–H and O–H groups in total. The van der Waals surface area contributed by atoms with Crippen LogP contribution >= 0.6 is 0 Å². The first-order chi connectivity index (χ1) is 12.5. The first-order valence-electron chi connectivity index (χ1n) is 8.35. The van der Waals surface area contributed by atoms with E-state index in [0.717, 1.165) is 12.1 Å². The van der Waals surface area contributed by atoms with Crippen molar-refractivity contribution in [1.82, 2.24) is 0 Å². The van der Waals surface area contributed by atoms with Crippen molar-refractivity contribution < 1.29 is 22.3 Å². The third-order valence-electron chi connectivity index (χ3n) is 4.47. The molecule has 0 fully saturated rings. The molecular weight excluding hydrogens is 371 g/mol. The van der Waals surface area contributed by atoms with Crippen LogP contribution in [0.3, 0.4) is 0 Å². The van der Waals surface area contributed by atoms with Crippen molar-refractivity contribution in [3.63, 3.8) is 0 Å². The van der Waals surface area contributed by atoms with E-state index in [1.54, 1.807) is 39.1 Å². The van der Waals surface area contributed by atoms with Gasteiger partial charge in [-0.25, -0.2) is 12.8 Å². The highest BCUT2D eigenvalue weighted by molar-refractivity contribution is 7.92. The fourth-order valence-electron chi connectivity index (χ4n) is 2.97. The number of sulfonamides is 1. The Morgan fingerprint density at radius 2 is 1.89 bits per heavy atom. The predicted molar refractivity (Wildman–Crippen MR) is 101 cm³/mol. The molecule has 1 amide bonds. The van der Waals surface area contributed by atoms with Gasteiger partial charge >= 0.3 is 0 Å². The van der Waals surface area contributed by atoms with E-state index in [9.17, 15) is 17.6 Å². The van der Waals surface area contributed by atoms with E-state index < -0.39 is 21.3 Å². The number of carbonyl (C=O) groups excluding carboxylic acids is 1. The lowest BCUT2D eigenvalue weighted by molar-refractivity contribution is -0.127. The molecule has 3 rings (SSSR count). The summed E-state index contributed by atoms with van der Waals surface area (Å²) in [6.07, 6.45) is 0. The van der Waals surface area contributed by atoms with Crippen LogP contribution in [0, 0.1) is 18.2 Å². The minimum Gasteiger partial charge on any atom is -0.490 e. The Hall–Kier alpha value is -2.61. The van der Waals surface area contributed by atoms with E-state index in [4.69, 9.17) is 4.74 Å². The maximum absolute atomic E-state index is 13.3. The Labute approximate surface area is 158 Å². The lowest BCUT2D eigenvalue weighted by Gasteiger charge is -2.24. The Bertz CT molecular complexity index is 1020. The number of amides is 1. The van der Waals surface area contributed by atoms with Gasteiger partial charge in [0, 0.05) is 7.05 Å². The summed E-state index contributed by atoms with van der Waals surface area (Å²) < 4.78 is 46.8. The van der Waals surface area contributed by atoms with Gasteiger partial charge in [-0.1, -0.05) is 0 Å². The number of hydrogen-bond donors (Lipinski definition) is 1. The summed E-state index contributed by atoms with van der Waals surface area (Å²) in [6, 6.07) is 8.21. The molecule has 0 radical (unpaired) electrons. The largest absolute Gasteiger partial charge is 0.490 e. The van der Waals surface area contributed by atoms with Crippen molar-refractivity contribution in [1.29, 1.82) is 0 Å². The standard InChI is InChI=1S/C19H21FN2O4S/c1-12-9-13(20)5-8-17(12)27(24,25)21-14-6-7-16-15(10-14)22(4)18(23)19(2,3)11-26-16/h5-10,21H,11H2,1-4H3. The fourth-order valence-corrected chi connectivity index (χ4v) is 4.25. The maximum atomic E-state index is 13.3. The molecular formula is C19H21FN2O4S. The van der Waals surface area contributed by atoms with Crippen molar-refractivity contribution in [3.05, 3.63) is 47.8 Å². The quantitative estimate of drug-likeness (QED) is 0.870. The Morgan fingerprint density at radius 3 is 2.56 bits per heavy atom. The van der Waals surface area contributed by atoms with Crippen LogP contribution in [0.25, 0.3) is 0 Å². The molecule has 0 atom stereocenters. The van der Waals surface area contributed by atoms with Crippen LogP contribution in [-0.2, 0) is 14.8 Å². The minimum absolute atomic E-state index is 0.0133. The summed E-state index contributed by atoms with van der Waals surface area (Å²) in [4.78, 5) is 14.0. The molecule has 27 heavy (non-hydrogen) atoms. The van der Waals surface area contributed by atoms with E-state index in [-0.39, 0.29) is 23.1 Å². The zero-order chi connectivity index (χ0) is 20.0.